The Morgan fingerprint density at radius 1 is 1.21 bits per heavy atom. The molecule has 24 heavy (non-hydrogen) atoms. The first-order chi connectivity index (χ1) is 11.6. The minimum Gasteiger partial charge on any atom is -0.497 e. The Morgan fingerprint density at radius 2 is 1.88 bits per heavy atom. The van der Waals surface area contributed by atoms with Gasteiger partial charge in [-0.3, -0.25) is 9.59 Å². The average Bonchev–Trinajstić information content (AvgIpc) is 2.99. The van der Waals surface area contributed by atoms with Crippen molar-refractivity contribution in [2.45, 2.75) is 44.2 Å². The number of nitrogens with one attached hydrogen (secondary N) is 1. The summed E-state index contributed by atoms with van der Waals surface area (Å²) in [5.41, 5.74) is 0.789. The van der Waals surface area contributed by atoms with Crippen molar-refractivity contribution in [3.05, 3.63) is 24.3 Å². The number of rotatable bonds is 4. The second-order valence-corrected chi connectivity index (χ2v) is 6.62. The Labute approximate surface area is 141 Å². The summed E-state index contributed by atoms with van der Waals surface area (Å²) in [6.07, 6.45) is 3.06. The highest BCUT2D eigenvalue weighted by Crippen LogP contribution is 2.27. The van der Waals surface area contributed by atoms with E-state index >= 15 is 0 Å². The molecule has 2 aliphatic rings. The average molecular weight is 332 g/mol. The standard InChI is InChI=1S/C18H24N2O4/c1-24-16-8-4-14(5-9-16)20-11-12(10-17(20)22)18(23)19-13-2-6-15(21)7-3-13/h4-5,8-9,12-13,15,21H,2-3,6-7,10-11H2,1H3,(H,19,23). The zero-order chi connectivity index (χ0) is 17.1. The number of carbonyl (C=O) groups excluding carboxylic acids is 2. The molecule has 1 aliphatic heterocycles. The van der Waals surface area contributed by atoms with E-state index < -0.39 is 0 Å². The molecule has 1 saturated heterocycles. The molecule has 6 heteroatoms. The number of carbonyl (C=O) groups is 2. The number of hydrogen-bond acceptors (Lipinski definition) is 4. The van der Waals surface area contributed by atoms with Crippen LogP contribution in [0.3, 0.4) is 0 Å². The molecule has 0 bridgehead atoms. The van der Waals surface area contributed by atoms with Crippen molar-refractivity contribution in [3.8, 4) is 5.75 Å². The Kier molecular flexibility index (Phi) is 5.04. The fourth-order valence-electron chi connectivity index (χ4n) is 3.43. The monoisotopic (exact) mass is 332 g/mol. The van der Waals surface area contributed by atoms with Crippen LogP contribution in [0.15, 0.2) is 24.3 Å². The minimum absolute atomic E-state index is 0.0283. The van der Waals surface area contributed by atoms with Gasteiger partial charge in [-0.2, -0.15) is 0 Å². The summed E-state index contributed by atoms with van der Waals surface area (Å²) >= 11 is 0. The van der Waals surface area contributed by atoms with Gasteiger partial charge in [0.15, 0.2) is 0 Å². The molecule has 1 atom stereocenters. The van der Waals surface area contributed by atoms with Crippen molar-refractivity contribution in [1.29, 1.82) is 0 Å². The molecule has 130 valence electrons. The lowest BCUT2D eigenvalue weighted by Crippen LogP contribution is -2.42. The predicted molar refractivity (Wildman–Crippen MR) is 89.9 cm³/mol. The molecule has 0 aromatic heterocycles. The van der Waals surface area contributed by atoms with Gasteiger partial charge in [0.2, 0.25) is 11.8 Å². The molecule has 1 aromatic rings. The molecular formula is C18H24N2O4. The molecule has 0 spiro atoms. The van der Waals surface area contributed by atoms with E-state index in [4.69, 9.17) is 4.74 Å². The van der Waals surface area contributed by atoms with Crippen LogP contribution in [0.4, 0.5) is 5.69 Å². The number of anilines is 1. The lowest BCUT2D eigenvalue weighted by atomic mass is 9.92. The smallest absolute Gasteiger partial charge is 0.227 e. The largest absolute Gasteiger partial charge is 0.497 e. The molecule has 1 heterocycles. The third-order valence-corrected chi connectivity index (χ3v) is 4.92. The Hall–Kier alpha value is -2.08. The van der Waals surface area contributed by atoms with E-state index in [1.54, 1.807) is 12.0 Å². The molecule has 3 rings (SSSR count). The first-order valence-electron chi connectivity index (χ1n) is 8.49. The van der Waals surface area contributed by atoms with Crippen molar-refractivity contribution in [2.24, 2.45) is 5.92 Å². The zero-order valence-electron chi connectivity index (χ0n) is 13.9. The van der Waals surface area contributed by atoms with Crippen LogP contribution in [0.5, 0.6) is 5.75 Å². The van der Waals surface area contributed by atoms with E-state index in [2.05, 4.69) is 5.32 Å². The first kappa shape index (κ1) is 16.8. The van der Waals surface area contributed by atoms with Gasteiger partial charge in [-0.15, -0.1) is 0 Å². The Balaban J connectivity index is 1.58. The number of hydrogen-bond donors (Lipinski definition) is 2. The van der Waals surface area contributed by atoms with Crippen molar-refractivity contribution in [1.82, 2.24) is 5.32 Å². The van der Waals surface area contributed by atoms with E-state index in [9.17, 15) is 14.7 Å². The van der Waals surface area contributed by atoms with Crippen LogP contribution in [0, 0.1) is 5.92 Å². The number of methoxy groups -OCH3 is 1. The quantitative estimate of drug-likeness (QED) is 0.875. The summed E-state index contributed by atoms with van der Waals surface area (Å²) < 4.78 is 5.12. The summed E-state index contributed by atoms with van der Waals surface area (Å²) in [6, 6.07) is 7.40. The maximum atomic E-state index is 12.4. The summed E-state index contributed by atoms with van der Waals surface area (Å²) in [5.74, 6) is 0.339. The maximum Gasteiger partial charge on any atom is 0.227 e. The second kappa shape index (κ2) is 7.21. The second-order valence-electron chi connectivity index (χ2n) is 6.62. The van der Waals surface area contributed by atoms with Gasteiger partial charge in [-0.25, -0.2) is 0 Å². The van der Waals surface area contributed by atoms with Gasteiger partial charge in [0, 0.05) is 24.7 Å². The van der Waals surface area contributed by atoms with Gasteiger partial charge < -0.3 is 20.1 Å². The Morgan fingerprint density at radius 3 is 2.50 bits per heavy atom. The van der Waals surface area contributed by atoms with Crippen LogP contribution < -0.4 is 15.0 Å². The van der Waals surface area contributed by atoms with E-state index in [1.165, 1.54) is 0 Å². The van der Waals surface area contributed by atoms with E-state index in [0.29, 0.717) is 6.54 Å². The van der Waals surface area contributed by atoms with Crippen LogP contribution in [-0.2, 0) is 9.59 Å². The van der Waals surface area contributed by atoms with Crippen molar-refractivity contribution < 1.29 is 19.4 Å². The highest BCUT2D eigenvalue weighted by atomic mass is 16.5. The molecular weight excluding hydrogens is 308 g/mol. The predicted octanol–water partition coefficient (Wildman–Crippen LogP) is 1.47. The molecule has 1 aromatic carbocycles. The lowest BCUT2D eigenvalue weighted by molar-refractivity contribution is -0.127. The number of aliphatic hydroxyl groups is 1. The van der Waals surface area contributed by atoms with Crippen LogP contribution in [0.25, 0.3) is 0 Å². The van der Waals surface area contributed by atoms with Gasteiger partial charge in [0.05, 0.1) is 19.1 Å². The van der Waals surface area contributed by atoms with Crippen LogP contribution in [0.1, 0.15) is 32.1 Å². The fourth-order valence-corrected chi connectivity index (χ4v) is 3.43. The first-order valence-corrected chi connectivity index (χ1v) is 8.49. The molecule has 1 unspecified atom stereocenters. The Bertz CT molecular complexity index is 594. The molecule has 2 fully saturated rings. The number of ether oxygens (including phenoxy) is 1. The van der Waals surface area contributed by atoms with Crippen LogP contribution in [-0.4, -0.2) is 42.7 Å². The topological polar surface area (TPSA) is 78.9 Å². The number of amides is 2. The summed E-state index contributed by atoms with van der Waals surface area (Å²) in [7, 11) is 1.60. The van der Waals surface area contributed by atoms with Crippen molar-refractivity contribution in [3.63, 3.8) is 0 Å². The molecule has 0 radical (unpaired) electrons. The van der Waals surface area contributed by atoms with Crippen molar-refractivity contribution >= 4 is 17.5 Å². The van der Waals surface area contributed by atoms with Crippen molar-refractivity contribution in [2.75, 3.05) is 18.6 Å². The normalized spacial score (nSPS) is 27.2. The van der Waals surface area contributed by atoms with E-state index in [1.807, 2.05) is 24.3 Å². The van der Waals surface area contributed by atoms with Gasteiger partial charge in [-0.05, 0) is 49.9 Å². The van der Waals surface area contributed by atoms with Crippen LogP contribution >= 0.6 is 0 Å². The summed E-state index contributed by atoms with van der Waals surface area (Å²) in [6.45, 7) is 0.409. The molecule has 1 saturated carbocycles. The number of benzene rings is 1. The summed E-state index contributed by atoms with van der Waals surface area (Å²) in [4.78, 5) is 26.4. The van der Waals surface area contributed by atoms with Gasteiger partial charge in [0.25, 0.3) is 0 Å². The van der Waals surface area contributed by atoms with Gasteiger partial charge in [0.1, 0.15) is 5.75 Å². The minimum atomic E-state index is -0.313. The van der Waals surface area contributed by atoms with Crippen LogP contribution in [0.2, 0.25) is 0 Å². The summed E-state index contributed by atoms with van der Waals surface area (Å²) in [5, 5.41) is 12.6. The number of aliphatic hydroxyl groups excluding tert-OH is 1. The third kappa shape index (κ3) is 3.70. The highest BCUT2D eigenvalue weighted by Gasteiger charge is 2.36. The fraction of sp³-hybridized carbons (Fsp3) is 0.556. The molecule has 1 aliphatic carbocycles. The third-order valence-electron chi connectivity index (χ3n) is 4.92. The molecule has 2 amide bonds. The highest BCUT2D eigenvalue weighted by molar-refractivity contribution is 6.00. The van der Waals surface area contributed by atoms with Gasteiger partial charge in [-0.1, -0.05) is 0 Å². The number of nitrogens with zero attached hydrogens (tertiary/aromatic N) is 1. The van der Waals surface area contributed by atoms with E-state index in [-0.39, 0.29) is 36.3 Å². The maximum absolute atomic E-state index is 12.4. The van der Waals surface area contributed by atoms with Gasteiger partial charge >= 0.3 is 0 Å². The molecule has 2 N–H and O–H groups in total. The molecule has 6 nitrogen and oxygen atoms in total. The lowest BCUT2D eigenvalue weighted by Gasteiger charge is -2.27. The SMILES string of the molecule is COc1ccc(N2CC(C(=O)NC3CCC(O)CC3)CC2=O)cc1. The zero-order valence-corrected chi connectivity index (χ0v) is 13.9. The van der Waals surface area contributed by atoms with E-state index in [0.717, 1.165) is 37.1 Å².